The number of aromatic amines is 1. The van der Waals surface area contributed by atoms with Gasteiger partial charge in [-0.3, -0.25) is 0 Å². The third-order valence-corrected chi connectivity index (χ3v) is 2.04. The second-order valence-corrected chi connectivity index (χ2v) is 3.16. The molecule has 0 aromatic carbocycles. The van der Waals surface area contributed by atoms with Gasteiger partial charge in [0.05, 0.1) is 11.2 Å². The lowest BCUT2D eigenvalue weighted by Gasteiger charge is -1.98. The zero-order chi connectivity index (χ0) is 9.42. The quantitative estimate of drug-likeness (QED) is 0.682. The normalized spacial score (nSPS) is 11.0. The van der Waals surface area contributed by atoms with Crippen molar-refractivity contribution in [1.29, 1.82) is 0 Å². The molecule has 0 saturated heterocycles. The molecule has 2 aromatic rings. The van der Waals surface area contributed by atoms with Crippen molar-refractivity contribution in [3.8, 4) is 0 Å². The number of nitrogens with zero attached hydrogens (tertiary/aromatic N) is 2. The topological polar surface area (TPSA) is 67.6 Å². The summed E-state index contributed by atoms with van der Waals surface area (Å²) >= 11 is 0. The van der Waals surface area contributed by atoms with Crippen LogP contribution in [0.3, 0.4) is 0 Å². The molecule has 68 valence electrons. The number of hydrogen-bond acceptors (Lipinski definition) is 3. The Balaban J connectivity index is 2.75. The van der Waals surface area contributed by atoms with Crippen LogP contribution < -0.4 is 5.73 Å². The number of hydrogen-bond donors (Lipinski definition) is 2. The van der Waals surface area contributed by atoms with E-state index in [1.54, 1.807) is 0 Å². The molecule has 2 aromatic heterocycles. The van der Waals surface area contributed by atoms with Gasteiger partial charge in [-0.2, -0.15) is 0 Å². The van der Waals surface area contributed by atoms with Crippen LogP contribution in [0.1, 0.15) is 17.1 Å². The Hall–Kier alpha value is -1.42. The van der Waals surface area contributed by atoms with Gasteiger partial charge in [-0.05, 0) is 25.5 Å². The minimum atomic E-state index is 0.461. The summed E-state index contributed by atoms with van der Waals surface area (Å²) in [7, 11) is 0. The molecule has 0 aliphatic heterocycles. The van der Waals surface area contributed by atoms with E-state index in [0.717, 1.165) is 28.2 Å². The third-order valence-electron chi connectivity index (χ3n) is 2.04. The van der Waals surface area contributed by atoms with Crippen molar-refractivity contribution in [1.82, 2.24) is 15.0 Å². The molecule has 4 nitrogen and oxygen atoms in total. The number of fused-ring (bicyclic) bond motifs is 1. The van der Waals surface area contributed by atoms with E-state index in [0.29, 0.717) is 6.54 Å². The van der Waals surface area contributed by atoms with E-state index in [2.05, 4.69) is 15.0 Å². The van der Waals surface area contributed by atoms with Gasteiger partial charge in [0.1, 0.15) is 5.82 Å². The number of pyridine rings is 1. The Bertz CT molecular complexity index is 444. The van der Waals surface area contributed by atoms with Crippen molar-refractivity contribution < 1.29 is 0 Å². The second kappa shape index (κ2) is 2.81. The largest absolute Gasteiger partial charge is 0.341 e. The van der Waals surface area contributed by atoms with Gasteiger partial charge in [-0.1, -0.05) is 0 Å². The summed E-state index contributed by atoms with van der Waals surface area (Å²) < 4.78 is 0. The molecular weight excluding hydrogens is 164 g/mol. The minimum Gasteiger partial charge on any atom is -0.341 e. The first-order valence-corrected chi connectivity index (χ1v) is 4.23. The van der Waals surface area contributed by atoms with Gasteiger partial charge in [0.15, 0.2) is 5.65 Å². The van der Waals surface area contributed by atoms with Crippen molar-refractivity contribution in [2.45, 2.75) is 20.4 Å². The molecule has 0 amide bonds. The predicted molar refractivity (Wildman–Crippen MR) is 51.3 cm³/mol. The molecule has 0 aliphatic rings. The summed E-state index contributed by atoms with van der Waals surface area (Å²) in [6.45, 7) is 4.41. The van der Waals surface area contributed by atoms with Gasteiger partial charge < -0.3 is 10.7 Å². The highest BCUT2D eigenvalue weighted by Gasteiger charge is 2.05. The maximum absolute atomic E-state index is 5.52. The zero-order valence-electron chi connectivity index (χ0n) is 7.76. The smallest absolute Gasteiger partial charge is 0.178 e. The van der Waals surface area contributed by atoms with Gasteiger partial charge in [0.25, 0.3) is 0 Å². The SMILES string of the molecule is Cc1nc2nc(CN)cc(C)c2[nH]1. The summed E-state index contributed by atoms with van der Waals surface area (Å²) in [4.78, 5) is 11.7. The monoisotopic (exact) mass is 176 g/mol. The maximum Gasteiger partial charge on any atom is 0.178 e. The number of aryl methyl sites for hydroxylation is 2. The summed E-state index contributed by atoms with van der Waals surface area (Å²) in [5.74, 6) is 0.889. The first kappa shape index (κ1) is 8.19. The van der Waals surface area contributed by atoms with E-state index in [-0.39, 0.29) is 0 Å². The molecule has 0 spiro atoms. The van der Waals surface area contributed by atoms with E-state index < -0.39 is 0 Å². The molecule has 0 fully saturated rings. The van der Waals surface area contributed by atoms with Crippen LogP contribution in [-0.4, -0.2) is 15.0 Å². The molecular formula is C9H12N4. The van der Waals surface area contributed by atoms with Crippen molar-refractivity contribution in [2.24, 2.45) is 5.73 Å². The van der Waals surface area contributed by atoms with E-state index in [9.17, 15) is 0 Å². The fourth-order valence-electron chi connectivity index (χ4n) is 1.43. The number of imidazole rings is 1. The highest BCUT2D eigenvalue weighted by Crippen LogP contribution is 2.14. The van der Waals surface area contributed by atoms with Crippen LogP contribution in [0.25, 0.3) is 11.2 Å². The van der Waals surface area contributed by atoms with Gasteiger partial charge in [0.2, 0.25) is 0 Å². The third kappa shape index (κ3) is 1.29. The van der Waals surface area contributed by atoms with E-state index >= 15 is 0 Å². The molecule has 0 radical (unpaired) electrons. The number of rotatable bonds is 1. The Morgan fingerprint density at radius 1 is 1.38 bits per heavy atom. The molecule has 0 bridgehead atoms. The number of aromatic nitrogens is 3. The van der Waals surface area contributed by atoms with Crippen LogP contribution >= 0.6 is 0 Å². The number of nitrogens with one attached hydrogen (secondary N) is 1. The predicted octanol–water partition coefficient (Wildman–Crippen LogP) is 1.03. The van der Waals surface area contributed by atoms with Crippen LogP contribution in [0, 0.1) is 13.8 Å². The van der Waals surface area contributed by atoms with Crippen LogP contribution in [0.5, 0.6) is 0 Å². The molecule has 2 heterocycles. The first-order chi connectivity index (χ1) is 6.20. The molecule has 2 rings (SSSR count). The lowest BCUT2D eigenvalue weighted by Crippen LogP contribution is -2.00. The van der Waals surface area contributed by atoms with Gasteiger partial charge in [-0.25, -0.2) is 9.97 Å². The van der Waals surface area contributed by atoms with Crippen LogP contribution in [-0.2, 0) is 6.54 Å². The lowest BCUT2D eigenvalue weighted by molar-refractivity contribution is 0.996. The van der Waals surface area contributed by atoms with E-state index in [4.69, 9.17) is 5.73 Å². The average molecular weight is 176 g/mol. The molecule has 0 saturated carbocycles. The molecule has 13 heavy (non-hydrogen) atoms. The van der Waals surface area contributed by atoms with E-state index in [1.807, 2.05) is 19.9 Å². The Morgan fingerprint density at radius 2 is 2.15 bits per heavy atom. The molecule has 3 N–H and O–H groups in total. The fourth-order valence-corrected chi connectivity index (χ4v) is 1.43. The molecule has 4 heteroatoms. The van der Waals surface area contributed by atoms with Crippen molar-refractivity contribution in [3.63, 3.8) is 0 Å². The summed E-state index contributed by atoms with van der Waals surface area (Å²) in [5, 5.41) is 0. The Labute approximate surface area is 76.2 Å². The Kier molecular flexibility index (Phi) is 1.77. The summed E-state index contributed by atoms with van der Waals surface area (Å²) in [6.07, 6.45) is 0. The highest BCUT2D eigenvalue weighted by atomic mass is 15.0. The Morgan fingerprint density at radius 3 is 2.85 bits per heavy atom. The standard InChI is InChI=1S/C9H12N4/c1-5-3-7(4-10)13-9-8(5)11-6(2)12-9/h3H,4,10H2,1-2H3,(H,11,12,13). The van der Waals surface area contributed by atoms with Crippen molar-refractivity contribution in [3.05, 3.63) is 23.1 Å². The average Bonchev–Trinajstić information content (AvgIpc) is 2.46. The van der Waals surface area contributed by atoms with Crippen molar-refractivity contribution in [2.75, 3.05) is 0 Å². The zero-order valence-corrected chi connectivity index (χ0v) is 7.76. The maximum atomic E-state index is 5.52. The van der Waals surface area contributed by atoms with Gasteiger partial charge >= 0.3 is 0 Å². The molecule has 0 aliphatic carbocycles. The second-order valence-electron chi connectivity index (χ2n) is 3.16. The van der Waals surface area contributed by atoms with Crippen LogP contribution in [0.4, 0.5) is 0 Å². The number of H-pyrrole nitrogens is 1. The highest BCUT2D eigenvalue weighted by molar-refractivity contribution is 5.74. The van der Waals surface area contributed by atoms with Gasteiger partial charge in [0, 0.05) is 6.54 Å². The molecule has 0 atom stereocenters. The molecule has 0 unspecified atom stereocenters. The minimum absolute atomic E-state index is 0.461. The first-order valence-electron chi connectivity index (χ1n) is 4.23. The van der Waals surface area contributed by atoms with E-state index in [1.165, 1.54) is 0 Å². The van der Waals surface area contributed by atoms with Crippen molar-refractivity contribution >= 4 is 11.2 Å². The summed E-state index contributed by atoms with van der Waals surface area (Å²) in [6, 6.07) is 1.99. The number of nitrogens with two attached hydrogens (primary N) is 1. The van der Waals surface area contributed by atoms with Crippen LogP contribution in [0.15, 0.2) is 6.07 Å². The summed E-state index contributed by atoms with van der Waals surface area (Å²) in [5.41, 5.74) is 9.32. The lowest BCUT2D eigenvalue weighted by atomic mass is 10.2. The van der Waals surface area contributed by atoms with Crippen LogP contribution in [0.2, 0.25) is 0 Å². The van der Waals surface area contributed by atoms with Gasteiger partial charge in [-0.15, -0.1) is 0 Å². The fraction of sp³-hybridized carbons (Fsp3) is 0.333.